The molecule has 7 nitrogen and oxygen atoms in total. The number of nitrogens with zero attached hydrogens (tertiary/aromatic N) is 3. The third-order valence-corrected chi connectivity index (χ3v) is 5.52. The summed E-state index contributed by atoms with van der Waals surface area (Å²) in [6.07, 6.45) is 6.44. The average molecular weight is 420 g/mol. The summed E-state index contributed by atoms with van der Waals surface area (Å²) < 4.78 is 24.7. The Morgan fingerprint density at radius 3 is 2.52 bits per heavy atom. The van der Waals surface area contributed by atoms with Crippen molar-refractivity contribution >= 4 is 15.8 Å². The summed E-state index contributed by atoms with van der Waals surface area (Å²) >= 11 is 0. The van der Waals surface area contributed by atoms with Gasteiger partial charge in [-0.05, 0) is 48.9 Å². The van der Waals surface area contributed by atoms with Crippen LogP contribution in [0, 0.1) is 5.41 Å². The Bertz CT molecular complexity index is 872. The van der Waals surface area contributed by atoms with Crippen LogP contribution in [0.25, 0.3) is 5.69 Å². The SMILES string of the molecule is CCNC(=NCC(C)(C)CCS(C)(=O)=O)NCCc1ccc(-n2cccn2)cc1. The molecule has 160 valence electrons. The van der Waals surface area contributed by atoms with Crippen molar-refractivity contribution in [3.8, 4) is 5.69 Å². The molecule has 0 aliphatic heterocycles. The molecule has 1 aromatic carbocycles. The van der Waals surface area contributed by atoms with Gasteiger partial charge in [0.1, 0.15) is 9.84 Å². The number of aromatic nitrogens is 2. The van der Waals surface area contributed by atoms with Crippen LogP contribution in [0.3, 0.4) is 0 Å². The number of sulfone groups is 1. The van der Waals surface area contributed by atoms with Crippen molar-refractivity contribution in [2.75, 3.05) is 31.6 Å². The fourth-order valence-corrected chi connectivity index (χ4v) is 3.66. The lowest BCUT2D eigenvalue weighted by Crippen LogP contribution is -2.39. The molecule has 0 amide bonds. The van der Waals surface area contributed by atoms with Crippen LogP contribution in [0.5, 0.6) is 0 Å². The van der Waals surface area contributed by atoms with Crippen LogP contribution in [-0.2, 0) is 16.3 Å². The lowest BCUT2D eigenvalue weighted by molar-refractivity contribution is 0.365. The minimum absolute atomic E-state index is 0.173. The minimum Gasteiger partial charge on any atom is -0.357 e. The molecule has 8 heteroatoms. The van der Waals surface area contributed by atoms with Crippen LogP contribution in [0.4, 0.5) is 0 Å². The highest BCUT2D eigenvalue weighted by Gasteiger charge is 2.20. The Kier molecular flexibility index (Phi) is 8.25. The average Bonchev–Trinajstić information content (AvgIpc) is 3.19. The molecule has 2 aromatic rings. The summed E-state index contributed by atoms with van der Waals surface area (Å²) in [5, 5.41) is 10.8. The lowest BCUT2D eigenvalue weighted by atomic mass is 9.90. The van der Waals surface area contributed by atoms with Crippen molar-refractivity contribution < 1.29 is 8.42 Å². The van der Waals surface area contributed by atoms with E-state index in [0.29, 0.717) is 13.0 Å². The van der Waals surface area contributed by atoms with Crippen molar-refractivity contribution in [2.45, 2.75) is 33.6 Å². The Morgan fingerprint density at radius 2 is 1.93 bits per heavy atom. The zero-order chi connectivity index (χ0) is 21.3. The second kappa shape index (κ2) is 10.4. The normalized spacial score (nSPS) is 12.8. The van der Waals surface area contributed by atoms with Crippen LogP contribution in [0.1, 0.15) is 32.8 Å². The molecule has 1 heterocycles. The summed E-state index contributed by atoms with van der Waals surface area (Å²) in [6.45, 7) is 8.22. The molecule has 2 N–H and O–H groups in total. The maximum atomic E-state index is 11.4. The number of guanidine groups is 1. The monoisotopic (exact) mass is 419 g/mol. The van der Waals surface area contributed by atoms with Gasteiger partial charge in [-0.3, -0.25) is 4.99 Å². The van der Waals surface area contributed by atoms with E-state index in [9.17, 15) is 8.42 Å². The first-order valence-electron chi connectivity index (χ1n) is 9.97. The van der Waals surface area contributed by atoms with E-state index in [1.807, 2.05) is 37.7 Å². The second-order valence-electron chi connectivity index (χ2n) is 8.03. The van der Waals surface area contributed by atoms with E-state index in [-0.39, 0.29) is 11.2 Å². The first kappa shape index (κ1) is 22.9. The van der Waals surface area contributed by atoms with Gasteiger partial charge in [0.15, 0.2) is 5.96 Å². The van der Waals surface area contributed by atoms with Crippen molar-refractivity contribution in [3.05, 3.63) is 48.3 Å². The molecule has 0 saturated carbocycles. The molecule has 2 rings (SSSR count). The van der Waals surface area contributed by atoms with Crippen LogP contribution in [-0.4, -0.2) is 55.8 Å². The summed E-state index contributed by atoms with van der Waals surface area (Å²) in [7, 11) is -2.95. The van der Waals surface area contributed by atoms with E-state index < -0.39 is 9.84 Å². The highest BCUT2D eigenvalue weighted by atomic mass is 32.2. The quantitative estimate of drug-likeness (QED) is 0.456. The predicted molar refractivity (Wildman–Crippen MR) is 119 cm³/mol. The van der Waals surface area contributed by atoms with Gasteiger partial charge in [0.05, 0.1) is 11.4 Å². The van der Waals surface area contributed by atoms with Gasteiger partial charge in [-0.15, -0.1) is 0 Å². The highest BCUT2D eigenvalue weighted by molar-refractivity contribution is 7.90. The second-order valence-corrected chi connectivity index (χ2v) is 10.3. The first-order valence-corrected chi connectivity index (χ1v) is 12.0. The predicted octanol–water partition coefficient (Wildman–Crippen LogP) is 2.43. The number of rotatable bonds is 10. The number of benzene rings is 1. The fraction of sp³-hybridized carbons (Fsp3) is 0.524. The zero-order valence-corrected chi connectivity index (χ0v) is 18.7. The van der Waals surface area contributed by atoms with Crippen molar-refractivity contribution in [2.24, 2.45) is 10.4 Å². The van der Waals surface area contributed by atoms with Crippen LogP contribution in [0.2, 0.25) is 0 Å². The Labute approximate surface area is 174 Å². The van der Waals surface area contributed by atoms with Crippen LogP contribution in [0.15, 0.2) is 47.7 Å². The molecular formula is C21H33N5O2S. The molecule has 0 fully saturated rings. The van der Waals surface area contributed by atoms with E-state index >= 15 is 0 Å². The Hall–Kier alpha value is -2.35. The Balaban J connectivity index is 1.85. The number of aliphatic imine (C=N–C) groups is 1. The van der Waals surface area contributed by atoms with E-state index in [2.05, 4.69) is 45.0 Å². The van der Waals surface area contributed by atoms with Gasteiger partial charge in [-0.1, -0.05) is 26.0 Å². The zero-order valence-electron chi connectivity index (χ0n) is 17.9. The largest absolute Gasteiger partial charge is 0.357 e. The summed E-state index contributed by atoms with van der Waals surface area (Å²) in [6, 6.07) is 10.2. The molecular weight excluding hydrogens is 386 g/mol. The topological polar surface area (TPSA) is 88.4 Å². The molecule has 0 aliphatic carbocycles. The van der Waals surface area contributed by atoms with E-state index in [1.54, 1.807) is 6.20 Å². The molecule has 0 unspecified atom stereocenters. The van der Waals surface area contributed by atoms with Gasteiger partial charge < -0.3 is 10.6 Å². The smallest absolute Gasteiger partial charge is 0.191 e. The molecule has 0 aliphatic rings. The van der Waals surface area contributed by atoms with Gasteiger partial charge in [-0.25, -0.2) is 13.1 Å². The summed E-state index contributed by atoms with van der Waals surface area (Å²) in [5.74, 6) is 0.946. The third-order valence-electron chi connectivity index (χ3n) is 4.57. The summed E-state index contributed by atoms with van der Waals surface area (Å²) in [4.78, 5) is 4.65. The lowest BCUT2D eigenvalue weighted by Gasteiger charge is -2.22. The first-order chi connectivity index (χ1) is 13.7. The van der Waals surface area contributed by atoms with Gasteiger partial charge in [0.25, 0.3) is 0 Å². The maximum absolute atomic E-state index is 11.4. The van der Waals surface area contributed by atoms with E-state index in [0.717, 1.165) is 31.2 Å². The van der Waals surface area contributed by atoms with Gasteiger partial charge >= 0.3 is 0 Å². The van der Waals surface area contributed by atoms with Crippen molar-refractivity contribution in [1.82, 2.24) is 20.4 Å². The Morgan fingerprint density at radius 1 is 1.21 bits per heavy atom. The molecule has 0 radical (unpaired) electrons. The minimum atomic E-state index is -2.95. The molecule has 1 aromatic heterocycles. The standard InChI is InChI=1S/C21H33N5O2S/c1-5-22-20(24-17-21(2,3)12-16-29(4,27)28)23-14-11-18-7-9-19(10-8-18)26-15-6-13-25-26/h6-10,13,15H,5,11-12,14,16-17H2,1-4H3,(H2,22,23,24). The summed E-state index contributed by atoms with van der Waals surface area (Å²) in [5.41, 5.74) is 2.10. The molecule has 0 bridgehead atoms. The molecule has 29 heavy (non-hydrogen) atoms. The van der Waals surface area contributed by atoms with E-state index in [1.165, 1.54) is 11.8 Å². The third kappa shape index (κ3) is 8.68. The van der Waals surface area contributed by atoms with Crippen molar-refractivity contribution in [1.29, 1.82) is 0 Å². The molecule has 0 atom stereocenters. The van der Waals surface area contributed by atoms with Gasteiger partial charge in [0, 0.05) is 38.3 Å². The van der Waals surface area contributed by atoms with Gasteiger partial charge in [-0.2, -0.15) is 5.10 Å². The number of hydrogen-bond acceptors (Lipinski definition) is 4. The van der Waals surface area contributed by atoms with Crippen LogP contribution >= 0.6 is 0 Å². The van der Waals surface area contributed by atoms with Gasteiger partial charge in [0.2, 0.25) is 0 Å². The van der Waals surface area contributed by atoms with Crippen molar-refractivity contribution in [3.63, 3.8) is 0 Å². The van der Waals surface area contributed by atoms with Crippen LogP contribution < -0.4 is 10.6 Å². The van der Waals surface area contributed by atoms with E-state index in [4.69, 9.17) is 0 Å². The maximum Gasteiger partial charge on any atom is 0.191 e. The molecule has 0 saturated heterocycles. The molecule has 0 spiro atoms. The number of hydrogen-bond donors (Lipinski definition) is 2. The highest BCUT2D eigenvalue weighted by Crippen LogP contribution is 2.21. The fourth-order valence-electron chi connectivity index (χ4n) is 2.74. The number of nitrogens with one attached hydrogen (secondary N) is 2.